The Kier molecular flexibility index (Phi) is 5.51. The number of nitrogens with one attached hydrogen (secondary N) is 2. The molecule has 0 unspecified atom stereocenters. The lowest BCUT2D eigenvalue weighted by atomic mass is 9.95. The largest absolute Gasteiger partial charge is 0.353 e. The van der Waals surface area contributed by atoms with Crippen LogP contribution in [0.2, 0.25) is 0 Å². The number of carbonyl (C=O) groups excluding carboxylic acids is 2. The van der Waals surface area contributed by atoms with Gasteiger partial charge in [-0.25, -0.2) is 0 Å². The molecule has 130 valence electrons. The predicted molar refractivity (Wildman–Crippen MR) is 93.8 cm³/mol. The number of nitrogens with zero attached hydrogens (tertiary/aromatic N) is 1. The topological polar surface area (TPSA) is 61.4 Å². The fraction of sp³-hybridized carbons (Fsp3) is 0.579. The third-order valence-electron chi connectivity index (χ3n) is 5.14. The van der Waals surface area contributed by atoms with Gasteiger partial charge < -0.3 is 15.5 Å². The summed E-state index contributed by atoms with van der Waals surface area (Å²) >= 11 is 0. The normalized spacial score (nSPS) is 20.0. The van der Waals surface area contributed by atoms with Crippen LogP contribution in [-0.2, 0) is 4.79 Å². The van der Waals surface area contributed by atoms with E-state index in [1.165, 1.54) is 0 Å². The van der Waals surface area contributed by atoms with Crippen LogP contribution in [0.4, 0.5) is 0 Å². The Morgan fingerprint density at radius 3 is 2.29 bits per heavy atom. The van der Waals surface area contributed by atoms with Gasteiger partial charge in [-0.05, 0) is 57.8 Å². The lowest BCUT2D eigenvalue weighted by Gasteiger charge is -2.33. The molecule has 2 heterocycles. The molecule has 5 nitrogen and oxygen atoms in total. The van der Waals surface area contributed by atoms with E-state index in [1.807, 2.05) is 36.1 Å². The zero-order valence-corrected chi connectivity index (χ0v) is 14.4. The Balaban J connectivity index is 1.47. The van der Waals surface area contributed by atoms with Crippen molar-refractivity contribution in [2.75, 3.05) is 26.2 Å². The molecular weight excluding hydrogens is 302 g/mol. The molecule has 0 aliphatic carbocycles. The minimum atomic E-state index is 0.0955. The summed E-state index contributed by atoms with van der Waals surface area (Å²) in [7, 11) is 0. The van der Waals surface area contributed by atoms with E-state index in [4.69, 9.17) is 0 Å². The minimum absolute atomic E-state index is 0.0955. The van der Waals surface area contributed by atoms with Gasteiger partial charge in [0.2, 0.25) is 5.91 Å². The van der Waals surface area contributed by atoms with Crippen LogP contribution in [-0.4, -0.2) is 48.9 Å². The highest BCUT2D eigenvalue weighted by Gasteiger charge is 2.27. The van der Waals surface area contributed by atoms with Crippen LogP contribution in [0.5, 0.6) is 0 Å². The standard InChI is InChI=1S/C19H27N3O2/c1-14-2-4-16(5-3-14)19(24)22-12-8-17(9-13-22)21-18(23)15-6-10-20-11-7-15/h2-5,15,17,20H,6-13H2,1H3,(H,21,23). The van der Waals surface area contributed by atoms with Gasteiger partial charge in [-0.15, -0.1) is 0 Å². The first-order chi connectivity index (χ1) is 11.6. The fourth-order valence-electron chi connectivity index (χ4n) is 3.51. The average molecular weight is 329 g/mol. The Morgan fingerprint density at radius 2 is 1.67 bits per heavy atom. The first-order valence-corrected chi connectivity index (χ1v) is 9.00. The lowest BCUT2D eigenvalue weighted by molar-refractivity contribution is -0.126. The number of hydrogen-bond acceptors (Lipinski definition) is 3. The second-order valence-corrected chi connectivity index (χ2v) is 6.97. The molecule has 2 aliphatic rings. The summed E-state index contributed by atoms with van der Waals surface area (Å²) in [6.07, 6.45) is 3.54. The summed E-state index contributed by atoms with van der Waals surface area (Å²) in [5, 5.41) is 6.48. The van der Waals surface area contributed by atoms with E-state index in [1.54, 1.807) is 0 Å². The number of amides is 2. The van der Waals surface area contributed by atoms with E-state index in [0.717, 1.165) is 49.9 Å². The third kappa shape index (κ3) is 4.15. The molecule has 0 spiro atoms. The molecule has 2 saturated heterocycles. The molecule has 2 fully saturated rings. The average Bonchev–Trinajstić information content (AvgIpc) is 2.63. The Bertz CT molecular complexity index is 571. The van der Waals surface area contributed by atoms with Crippen LogP contribution in [0.25, 0.3) is 0 Å². The van der Waals surface area contributed by atoms with Crippen molar-refractivity contribution in [2.45, 2.75) is 38.6 Å². The van der Waals surface area contributed by atoms with E-state index in [9.17, 15) is 9.59 Å². The second kappa shape index (κ2) is 7.79. The number of piperidine rings is 2. The fourth-order valence-corrected chi connectivity index (χ4v) is 3.51. The number of benzene rings is 1. The molecule has 2 amide bonds. The molecule has 0 atom stereocenters. The van der Waals surface area contributed by atoms with Crippen molar-refractivity contribution in [1.82, 2.24) is 15.5 Å². The molecule has 0 aromatic heterocycles. The highest BCUT2D eigenvalue weighted by molar-refractivity contribution is 5.94. The van der Waals surface area contributed by atoms with Gasteiger partial charge >= 0.3 is 0 Å². The Hall–Kier alpha value is -1.88. The van der Waals surface area contributed by atoms with Crippen molar-refractivity contribution >= 4 is 11.8 Å². The zero-order chi connectivity index (χ0) is 16.9. The molecule has 24 heavy (non-hydrogen) atoms. The van der Waals surface area contributed by atoms with Gasteiger partial charge in [-0.3, -0.25) is 9.59 Å². The second-order valence-electron chi connectivity index (χ2n) is 6.97. The maximum Gasteiger partial charge on any atom is 0.253 e. The van der Waals surface area contributed by atoms with Crippen LogP contribution >= 0.6 is 0 Å². The summed E-state index contributed by atoms with van der Waals surface area (Å²) < 4.78 is 0. The molecule has 5 heteroatoms. The van der Waals surface area contributed by atoms with Crippen LogP contribution in [0, 0.1) is 12.8 Å². The van der Waals surface area contributed by atoms with E-state index in [2.05, 4.69) is 10.6 Å². The number of rotatable bonds is 3. The molecular formula is C19H27N3O2. The van der Waals surface area contributed by atoms with Gasteiger partial charge in [-0.1, -0.05) is 17.7 Å². The highest BCUT2D eigenvalue weighted by atomic mass is 16.2. The minimum Gasteiger partial charge on any atom is -0.353 e. The molecule has 0 saturated carbocycles. The molecule has 1 aromatic carbocycles. The van der Waals surface area contributed by atoms with Crippen molar-refractivity contribution in [1.29, 1.82) is 0 Å². The van der Waals surface area contributed by atoms with E-state index in [-0.39, 0.29) is 23.8 Å². The van der Waals surface area contributed by atoms with E-state index in [0.29, 0.717) is 13.1 Å². The number of hydrogen-bond donors (Lipinski definition) is 2. The van der Waals surface area contributed by atoms with Gasteiger partial charge in [-0.2, -0.15) is 0 Å². The van der Waals surface area contributed by atoms with Crippen molar-refractivity contribution < 1.29 is 9.59 Å². The van der Waals surface area contributed by atoms with E-state index < -0.39 is 0 Å². The Labute approximate surface area is 143 Å². The summed E-state index contributed by atoms with van der Waals surface area (Å²) in [4.78, 5) is 26.7. The SMILES string of the molecule is Cc1ccc(C(=O)N2CCC(NC(=O)C3CCNCC3)CC2)cc1. The van der Waals surface area contributed by atoms with Gasteiger partial charge in [0.05, 0.1) is 0 Å². The van der Waals surface area contributed by atoms with E-state index >= 15 is 0 Å². The van der Waals surface area contributed by atoms with Crippen molar-refractivity contribution in [3.05, 3.63) is 35.4 Å². The van der Waals surface area contributed by atoms with Crippen molar-refractivity contribution in [3.8, 4) is 0 Å². The molecule has 0 radical (unpaired) electrons. The first-order valence-electron chi connectivity index (χ1n) is 9.00. The first kappa shape index (κ1) is 17.0. The van der Waals surface area contributed by atoms with Crippen LogP contribution in [0.1, 0.15) is 41.6 Å². The van der Waals surface area contributed by atoms with Crippen LogP contribution < -0.4 is 10.6 Å². The highest BCUT2D eigenvalue weighted by Crippen LogP contribution is 2.17. The molecule has 2 N–H and O–H groups in total. The summed E-state index contributed by atoms with van der Waals surface area (Å²) in [5.41, 5.74) is 1.91. The van der Waals surface area contributed by atoms with Crippen molar-refractivity contribution in [3.63, 3.8) is 0 Å². The summed E-state index contributed by atoms with van der Waals surface area (Å²) in [5.74, 6) is 0.441. The molecule has 1 aromatic rings. The van der Waals surface area contributed by atoms with Crippen LogP contribution in [0.15, 0.2) is 24.3 Å². The maximum absolute atomic E-state index is 12.5. The lowest BCUT2D eigenvalue weighted by Crippen LogP contribution is -2.48. The molecule has 3 rings (SSSR count). The summed E-state index contributed by atoms with van der Waals surface area (Å²) in [6.45, 7) is 5.31. The molecule has 2 aliphatic heterocycles. The van der Waals surface area contributed by atoms with Crippen molar-refractivity contribution in [2.24, 2.45) is 5.92 Å². The quantitative estimate of drug-likeness (QED) is 0.887. The maximum atomic E-state index is 12.5. The Morgan fingerprint density at radius 1 is 1.04 bits per heavy atom. The van der Waals surface area contributed by atoms with Crippen LogP contribution in [0.3, 0.4) is 0 Å². The monoisotopic (exact) mass is 329 g/mol. The summed E-state index contributed by atoms with van der Waals surface area (Å²) in [6, 6.07) is 7.93. The molecule has 0 bridgehead atoms. The number of carbonyl (C=O) groups is 2. The van der Waals surface area contributed by atoms with Gasteiger partial charge in [0.25, 0.3) is 5.91 Å². The van der Waals surface area contributed by atoms with Gasteiger partial charge in [0.1, 0.15) is 0 Å². The zero-order valence-electron chi connectivity index (χ0n) is 14.4. The third-order valence-corrected chi connectivity index (χ3v) is 5.14. The number of likely N-dealkylation sites (tertiary alicyclic amines) is 1. The smallest absolute Gasteiger partial charge is 0.253 e. The number of aryl methyl sites for hydroxylation is 1. The van der Waals surface area contributed by atoms with Gasteiger partial charge in [0, 0.05) is 30.6 Å². The van der Waals surface area contributed by atoms with Gasteiger partial charge in [0.15, 0.2) is 0 Å². The predicted octanol–water partition coefficient (Wildman–Crippen LogP) is 1.72.